The molecule has 0 atom stereocenters. The number of methoxy groups -OCH3 is 1. The zero-order valence-corrected chi connectivity index (χ0v) is 16.6. The molecule has 0 fully saturated rings. The van der Waals surface area contributed by atoms with E-state index >= 15 is 0 Å². The Balaban J connectivity index is 1.51. The fourth-order valence-electron chi connectivity index (χ4n) is 2.69. The summed E-state index contributed by atoms with van der Waals surface area (Å²) >= 11 is 0. The van der Waals surface area contributed by atoms with Crippen LogP contribution in [0.2, 0.25) is 0 Å². The zero-order chi connectivity index (χ0) is 20.0. The summed E-state index contributed by atoms with van der Waals surface area (Å²) < 4.78 is 10.7. The van der Waals surface area contributed by atoms with Gasteiger partial charge in [-0.25, -0.2) is 0 Å². The molecular formula is C22H31N3O3. The number of rotatable bonds is 14. The van der Waals surface area contributed by atoms with Crippen LogP contribution in [0.3, 0.4) is 0 Å². The quantitative estimate of drug-likeness (QED) is 0.435. The summed E-state index contributed by atoms with van der Waals surface area (Å²) in [4.78, 5) is 10.7. The molecule has 4 N–H and O–H groups in total. The van der Waals surface area contributed by atoms with E-state index in [4.69, 9.17) is 15.2 Å². The molecule has 0 spiro atoms. The third kappa shape index (κ3) is 8.88. The first-order valence-electron chi connectivity index (χ1n) is 9.72. The van der Waals surface area contributed by atoms with Gasteiger partial charge in [0.25, 0.3) is 0 Å². The summed E-state index contributed by atoms with van der Waals surface area (Å²) in [6.07, 6.45) is 2.07. The van der Waals surface area contributed by atoms with E-state index in [9.17, 15) is 4.79 Å². The van der Waals surface area contributed by atoms with Gasteiger partial charge in [-0.2, -0.15) is 0 Å². The van der Waals surface area contributed by atoms with Crippen LogP contribution in [-0.2, 0) is 17.9 Å². The summed E-state index contributed by atoms with van der Waals surface area (Å²) in [5.41, 5.74) is 7.58. The maximum absolute atomic E-state index is 10.7. The highest BCUT2D eigenvalue weighted by molar-refractivity contribution is 5.73. The van der Waals surface area contributed by atoms with Gasteiger partial charge in [-0.05, 0) is 61.3 Å². The molecule has 0 radical (unpaired) electrons. The number of hydrogen-bond donors (Lipinski definition) is 3. The van der Waals surface area contributed by atoms with Crippen molar-refractivity contribution in [1.29, 1.82) is 0 Å². The van der Waals surface area contributed by atoms with Gasteiger partial charge in [0.15, 0.2) is 0 Å². The molecule has 0 aliphatic carbocycles. The Kier molecular flexibility index (Phi) is 9.89. The number of nitrogens with one attached hydrogen (secondary N) is 2. The Bertz CT molecular complexity index is 687. The summed E-state index contributed by atoms with van der Waals surface area (Å²) in [5.74, 6) is 1.41. The van der Waals surface area contributed by atoms with Crippen molar-refractivity contribution in [1.82, 2.24) is 10.6 Å². The number of amides is 1. The highest BCUT2D eigenvalue weighted by atomic mass is 16.5. The van der Waals surface area contributed by atoms with E-state index in [1.165, 1.54) is 11.1 Å². The van der Waals surface area contributed by atoms with Crippen LogP contribution >= 0.6 is 0 Å². The van der Waals surface area contributed by atoms with Crippen LogP contribution < -0.4 is 25.8 Å². The normalized spacial score (nSPS) is 10.6. The minimum Gasteiger partial charge on any atom is -0.497 e. The van der Waals surface area contributed by atoms with Crippen molar-refractivity contribution in [2.24, 2.45) is 5.73 Å². The summed E-state index contributed by atoms with van der Waals surface area (Å²) in [5, 5.41) is 6.90. The van der Waals surface area contributed by atoms with Crippen molar-refractivity contribution in [3.8, 4) is 11.5 Å². The lowest BCUT2D eigenvalue weighted by Gasteiger charge is -2.09. The lowest BCUT2D eigenvalue weighted by atomic mass is 10.2. The molecule has 0 aliphatic heterocycles. The van der Waals surface area contributed by atoms with Gasteiger partial charge in [0, 0.05) is 19.5 Å². The van der Waals surface area contributed by atoms with Crippen molar-refractivity contribution in [3.05, 3.63) is 59.7 Å². The van der Waals surface area contributed by atoms with Crippen LogP contribution in [0.15, 0.2) is 48.5 Å². The standard InChI is InChI=1S/C22H31N3O3/c1-27-20-9-5-18(6-10-20)16-24-13-3-14-25-17-19-7-11-21(12-8-19)28-15-2-4-22(23)26/h5-12,24-25H,2-4,13-17H2,1H3,(H2,23,26). The third-order valence-corrected chi connectivity index (χ3v) is 4.28. The fourth-order valence-corrected chi connectivity index (χ4v) is 2.69. The first-order chi connectivity index (χ1) is 13.7. The highest BCUT2D eigenvalue weighted by Crippen LogP contribution is 2.13. The maximum atomic E-state index is 10.7. The Morgan fingerprint density at radius 1 is 0.857 bits per heavy atom. The van der Waals surface area contributed by atoms with E-state index in [-0.39, 0.29) is 5.91 Å². The van der Waals surface area contributed by atoms with Crippen LogP contribution in [0.4, 0.5) is 0 Å². The predicted octanol–water partition coefficient (Wildman–Crippen LogP) is 2.61. The van der Waals surface area contributed by atoms with E-state index in [0.29, 0.717) is 19.4 Å². The second-order valence-corrected chi connectivity index (χ2v) is 6.62. The van der Waals surface area contributed by atoms with Crippen molar-refractivity contribution >= 4 is 5.91 Å². The number of nitrogens with two attached hydrogens (primary N) is 1. The third-order valence-electron chi connectivity index (χ3n) is 4.28. The molecule has 6 heteroatoms. The monoisotopic (exact) mass is 385 g/mol. The zero-order valence-electron chi connectivity index (χ0n) is 16.6. The van der Waals surface area contributed by atoms with Crippen LogP contribution in [0.1, 0.15) is 30.4 Å². The lowest BCUT2D eigenvalue weighted by molar-refractivity contribution is -0.118. The topological polar surface area (TPSA) is 85.6 Å². The SMILES string of the molecule is COc1ccc(CNCCCNCc2ccc(OCCCC(N)=O)cc2)cc1. The van der Waals surface area contributed by atoms with E-state index in [1.807, 2.05) is 24.3 Å². The molecule has 2 aromatic carbocycles. The molecule has 6 nitrogen and oxygen atoms in total. The van der Waals surface area contributed by atoms with Gasteiger partial charge in [-0.3, -0.25) is 4.79 Å². The van der Waals surface area contributed by atoms with Crippen molar-refractivity contribution < 1.29 is 14.3 Å². The molecule has 0 aliphatic rings. The molecular weight excluding hydrogens is 354 g/mol. The van der Waals surface area contributed by atoms with Crippen LogP contribution in [0.25, 0.3) is 0 Å². The summed E-state index contributed by atoms with van der Waals surface area (Å²) in [6, 6.07) is 16.1. The van der Waals surface area contributed by atoms with Gasteiger partial charge in [-0.15, -0.1) is 0 Å². The average Bonchev–Trinajstić information content (AvgIpc) is 2.72. The number of hydrogen-bond acceptors (Lipinski definition) is 5. The highest BCUT2D eigenvalue weighted by Gasteiger charge is 1.99. The number of primary amides is 1. The minimum absolute atomic E-state index is 0.291. The van der Waals surface area contributed by atoms with E-state index in [2.05, 4.69) is 34.9 Å². The van der Waals surface area contributed by atoms with Gasteiger partial charge in [0.2, 0.25) is 5.91 Å². The molecule has 28 heavy (non-hydrogen) atoms. The van der Waals surface area contributed by atoms with Gasteiger partial charge in [-0.1, -0.05) is 24.3 Å². The fraction of sp³-hybridized carbons (Fsp3) is 0.409. The van der Waals surface area contributed by atoms with Gasteiger partial charge in [0.1, 0.15) is 11.5 Å². The molecule has 152 valence electrons. The van der Waals surface area contributed by atoms with Crippen molar-refractivity contribution in [2.75, 3.05) is 26.8 Å². The lowest BCUT2D eigenvalue weighted by Crippen LogP contribution is -2.21. The van der Waals surface area contributed by atoms with Gasteiger partial charge < -0.3 is 25.8 Å². The first kappa shape index (κ1) is 21.7. The number of benzene rings is 2. The Labute approximate surface area is 167 Å². The van der Waals surface area contributed by atoms with Crippen LogP contribution in [-0.4, -0.2) is 32.7 Å². The van der Waals surface area contributed by atoms with Gasteiger partial charge in [0.05, 0.1) is 13.7 Å². The smallest absolute Gasteiger partial charge is 0.217 e. The molecule has 0 saturated carbocycles. The maximum Gasteiger partial charge on any atom is 0.217 e. The largest absolute Gasteiger partial charge is 0.497 e. The molecule has 2 aromatic rings. The molecule has 0 unspecified atom stereocenters. The number of carbonyl (C=O) groups excluding carboxylic acids is 1. The van der Waals surface area contributed by atoms with E-state index in [0.717, 1.165) is 44.1 Å². The Hall–Kier alpha value is -2.57. The molecule has 0 saturated heterocycles. The van der Waals surface area contributed by atoms with Crippen molar-refractivity contribution in [3.63, 3.8) is 0 Å². The summed E-state index contributed by atoms with van der Waals surface area (Å²) in [7, 11) is 1.68. The molecule has 0 bridgehead atoms. The van der Waals surface area contributed by atoms with Crippen LogP contribution in [0.5, 0.6) is 11.5 Å². The van der Waals surface area contributed by atoms with Crippen LogP contribution in [0, 0.1) is 0 Å². The second kappa shape index (κ2) is 12.8. The summed E-state index contributed by atoms with van der Waals surface area (Å²) in [6.45, 7) is 4.13. The Morgan fingerprint density at radius 3 is 1.89 bits per heavy atom. The number of carbonyl (C=O) groups is 1. The van der Waals surface area contributed by atoms with Gasteiger partial charge >= 0.3 is 0 Å². The second-order valence-electron chi connectivity index (χ2n) is 6.62. The predicted molar refractivity (Wildman–Crippen MR) is 111 cm³/mol. The molecule has 1 amide bonds. The van der Waals surface area contributed by atoms with E-state index in [1.54, 1.807) is 7.11 Å². The minimum atomic E-state index is -0.291. The molecule has 0 heterocycles. The molecule has 0 aromatic heterocycles. The van der Waals surface area contributed by atoms with Crippen molar-refractivity contribution in [2.45, 2.75) is 32.4 Å². The molecule has 2 rings (SSSR count). The first-order valence-corrected chi connectivity index (χ1v) is 9.72. The van der Waals surface area contributed by atoms with E-state index < -0.39 is 0 Å². The Morgan fingerprint density at radius 2 is 1.39 bits per heavy atom. The number of ether oxygens (including phenoxy) is 2. The average molecular weight is 386 g/mol.